The number of halogens is 1. The second-order valence-electron chi connectivity index (χ2n) is 9.02. The van der Waals surface area contributed by atoms with E-state index in [0.717, 1.165) is 37.8 Å². The third-order valence-corrected chi connectivity index (χ3v) is 6.75. The van der Waals surface area contributed by atoms with E-state index in [4.69, 9.17) is 0 Å². The van der Waals surface area contributed by atoms with Gasteiger partial charge in [-0.05, 0) is 67.3 Å². The van der Waals surface area contributed by atoms with Gasteiger partial charge in [-0.15, -0.1) is 0 Å². The number of aromatic nitrogens is 1. The van der Waals surface area contributed by atoms with Crippen molar-refractivity contribution < 1.29 is 14.4 Å². The van der Waals surface area contributed by atoms with Crippen molar-refractivity contribution in [2.45, 2.75) is 39.3 Å². The molecule has 8 heteroatoms. The Bertz CT molecular complexity index is 1310. The van der Waals surface area contributed by atoms with Crippen molar-refractivity contribution in [1.82, 2.24) is 14.8 Å². The Balaban J connectivity index is 1.41. The van der Waals surface area contributed by atoms with E-state index in [9.17, 15) is 14.4 Å². The minimum absolute atomic E-state index is 0.0454. The molecule has 1 saturated heterocycles. The van der Waals surface area contributed by atoms with Crippen LogP contribution in [0.15, 0.2) is 59.7 Å². The molecule has 0 atom stereocenters. The van der Waals surface area contributed by atoms with Gasteiger partial charge < -0.3 is 20.1 Å². The second-order valence-corrected chi connectivity index (χ2v) is 9.94. The van der Waals surface area contributed by atoms with Crippen molar-refractivity contribution in [1.29, 1.82) is 0 Å². The smallest absolute Gasteiger partial charge is 0.246 e. The third kappa shape index (κ3) is 5.82. The fourth-order valence-corrected chi connectivity index (χ4v) is 4.67. The van der Waals surface area contributed by atoms with Crippen molar-refractivity contribution in [2.24, 2.45) is 0 Å². The zero-order valence-electron chi connectivity index (χ0n) is 19.9. The number of likely N-dealkylation sites (tertiary alicyclic amines) is 1. The fraction of sp³-hybridized carbons (Fsp3) is 0.296. The van der Waals surface area contributed by atoms with E-state index in [0.29, 0.717) is 25.9 Å². The summed E-state index contributed by atoms with van der Waals surface area (Å²) in [7, 11) is 0. The number of hydrogen-bond donors (Lipinski definition) is 2. The Labute approximate surface area is 213 Å². The zero-order chi connectivity index (χ0) is 25.1. The number of aryl methyl sites for hydroxylation is 3. The van der Waals surface area contributed by atoms with E-state index in [2.05, 4.69) is 33.1 Å². The fourth-order valence-electron chi connectivity index (χ4n) is 4.31. The Hall–Kier alpha value is -3.39. The summed E-state index contributed by atoms with van der Waals surface area (Å²) in [5.74, 6) is -0.278. The lowest BCUT2D eigenvalue weighted by atomic mass is 10.1. The maximum absolute atomic E-state index is 12.7. The van der Waals surface area contributed by atoms with Crippen LogP contribution >= 0.6 is 15.9 Å². The monoisotopic (exact) mass is 536 g/mol. The molecule has 3 amide bonds. The molecule has 0 aliphatic carbocycles. The molecule has 1 aliphatic heterocycles. The molecule has 4 rings (SSSR count). The van der Waals surface area contributed by atoms with Crippen LogP contribution in [0.4, 0.5) is 5.69 Å². The minimum atomic E-state index is -0.122. The normalized spacial score (nSPS) is 13.4. The third-order valence-electron chi connectivity index (χ3n) is 6.26. The molecule has 0 unspecified atom stereocenters. The van der Waals surface area contributed by atoms with Crippen molar-refractivity contribution in [3.8, 4) is 0 Å². The summed E-state index contributed by atoms with van der Waals surface area (Å²) in [6, 6.07) is 11.9. The van der Waals surface area contributed by atoms with Crippen molar-refractivity contribution in [3.63, 3.8) is 0 Å². The Morgan fingerprint density at radius 2 is 1.89 bits per heavy atom. The van der Waals surface area contributed by atoms with Gasteiger partial charge in [-0.25, -0.2) is 0 Å². The predicted octanol–water partition coefficient (Wildman–Crippen LogP) is 4.10. The van der Waals surface area contributed by atoms with Gasteiger partial charge in [0.15, 0.2) is 0 Å². The summed E-state index contributed by atoms with van der Waals surface area (Å²) in [6.45, 7) is 8.62. The number of anilines is 1. The molecule has 35 heavy (non-hydrogen) atoms. The lowest BCUT2D eigenvalue weighted by molar-refractivity contribution is -0.133. The van der Waals surface area contributed by atoms with E-state index in [-0.39, 0.29) is 30.3 Å². The van der Waals surface area contributed by atoms with Gasteiger partial charge in [-0.3, -0.25) is 14.4 Å². The van der Waals surface area contributed by atoms with Gasteiger partial charge in [0, 0.05) is 46.8 Å². The summed E-state index contributed by atoms with van der Waals surface area (Å²) >= 11 is 3.53. The molecule has 0 bridgehead atoms. The van der Waals surface area contributed by atoms with Gasteiger partial charge in [0.2, 0.25) is 17.7 Å². The highest BCUT2D eigenvalue weighted by atomic mass is 79.9. The van der Waals surface area contributed by atoms with Crippen LogP contribution in [0.2, 0.25) is 0 Å². The molecule has 0 radical (unpaired) electrons. The van der Waals surface area contributed by atoms with Crippen molar-refractivity contribution >= 4 is 50.2 Å². The Kier molecular flexibility index (Phi) is 7.40. The van der Waals surface area contributed by atoms with E-state index in [1.165, 1.54) is 6.08 Å². The molecule has 3 aromatic rings. The molecule has 2 N–H and O–H groups in total. The molecule has 1 aliphatic rings. The Morgan fingerprint density at radius 1 is 1.11 bits per heavy atom. The lowest BCUT2D eigenvalue weighted by Gasteiger charge is -2.38. The number of fused-ring (bicyclic) bond motifs is 1. The average Bonchev–Trinajstić information content (AvgIpc) is 3.12. The number of benzene rings is 2. The molecular weight excluding hydrogens is 508 g/mol. The summed E-state index contributed by atoms with van der Waals surface area (Å²) in [5.41, 5.74) is 4.90. The molecule has 2 aromatic carbocycles. The molecule has 182 valence electrons. The number of nitrogens with zero attached hydrogens (tertiary/aromatic N) is 2. The van der Waals surface area contributed by atoms with Crippen LogP contribution in [-0.4, -0.2) is 46.3 Å². The van der Waals surface area contributed by atoms with E-state index >= 15 is 0 Å². The summed E-state index contributed by atoms with van der Waals surface area (Å²) in [5, 5.41) is 7.01. The van der Waals surface area contributed by atoms with Crippen LogP contribution in [0.5, 0.6) is 0 Å². The first-order chi connectivity index (χ1) is 16.7. The van der Waals surface area contributed by atoms with Crippen LogP contribution in [0.25, 0.3) is 10.9 Å². The number of amides is 3. The largest absolute Gasteiger partial charge is 0.348 e. The van der Waals surface area contributed by atoms with Gasteiger partial charge in [0.1, 0.15) is 6.54 Å². The zero-order valence-corrected chi connectivity index (χ0v) is 21.5. The Morgan fingerprint density at radius 3 is 2.63 bits per heavy atom. The highest BCUT2D eigenvalue weighted by Crippen LogP contribution is 2.27. The highest BCUT2D eigenvalue weighted by Gasteiger charge is 2.30. The maximum atomic E-state index is 12.7. The first-order valence-electron chi connectivity index (χ1n) is 11.6. The molecule has 0 saturated carbocycles. The topological polar surface area (TPSA) is 83.4 Å². The summed E-state index contributed by atoms with van der Waals surface area (Å²) < 4.78 is 2.86. The van der Waals surface area contributed by atoms with Crippen LogP contribution in [0, 0.1) is 13.8 Å². The first-order valence-corrected chi connectivity index (χ1v) is 12.4. The van der Waals surface area contributed by atoms with Crippen LogP contribution < -0.4 is 10.6 Å². The van der Waals surface area contributed by atoms with Gasteiger partial charge in [0.25, 0.3) is 0 Å². The second kappa shape index (κ2) is 10.5. The predicted molar refractivity (Wildman–Crippen MR) is 141 cm³/mol. The number of rotatable bonds is 8. The van der Waals surface area contributed by atoms with Crippen molar-refractivity contribution in [2.75, 3.05) is 18.4 Å². The number of nitrogens with one attached hydrogen (secondary N) is 2. The van der Waals surface area contributed by atoms with Crippen molar-refractivity contribution in [3.05, 3.63) is 76.4 Å². The lowest BCUT2D eigenvalue weighted by Crippen LogP contribution is -2.61. The molecule has 1 fully saturated rings. The van der Waals surface area contributed by atoms with Crippen LogP contribution in [0.1, 0.15) is 23.1 Å². The average molecular weight is 537 g/mol. The maximum Gasteiger partial charge on any atom is 0.246 e. The van der Waals surface area contributed by atoms with Gasteiger partial charge in [0.05, 0.1) is 6.04 Å². The molecular formula is C27H29BrN4O3. The van der Waals surface area contributed by atoms with Gasteiger partial charge >= 0.3 is 0 Å². The summed E-state index contributed by atoms with van der Waals surface area (Å²) in [4.78, 5) is 38.6. The SMILES string of the molecule is C=CC(=O)N1CC(NC(=O)Cn2cc(CCC(=O)Nc3cc(C)ccc3C)c3cc(Br)ccc32)C1. The van der Waals surface area contributed by atoms with Gasteiger partial charge in [-0.1, -0.05) is 34.6 Å². The molecule has 0 spiro atoms. The number of hydrogen-bond acceptors (Lipinski definition) is 3. The van der Waals surface area contributed by atoms with Crippen LogP contribution in [0.3, 0.4) is 0 Å². The first kappa shape index (κ1) is 24.7. The molecule has 7 nitrogen and oxygen atoms in total. The number of carbonyl (C=O) groups excluding carboxylic acids is 3. The van der Waals surface area contributed by atoms with Crippen LogP contribution in [-0.2, 0) is 27.3 Å². The number of carbonyl (C=O) groups is 3. The summed E-state index contributed by atoms with van der Waals surface area (Å²) in [6.07, 6.45) is 4.13. The van der Waals surface area contributed by atoms with E-state index < -0.39 is 0 Å². The standard InChI is InChI=1S/C27H29BrN4O3/c1-4-27(35)32-14-21(15-32)29-26(34)16-31-13-19(22-12-20(28)8-9-24(22)31)7-10-25(33)30-23-11-17(2)5-6-18(23)3/h4-6,8-9,11-13,21H,1,7,10,14-16H2,2-3H3,(H,29,34)(H,30,33). The van der Waals surface area contributed by atoms with E-state index in [1.54, 1.807) is 4.90 Å². The quantitative estimate of drug-likeness (QED) is 0.425. The van der Waals surface area contributed by atoms with Gasteiger partial charge in [-0.2, -0.15) is 0 Å². The minimum Gasteiger partial charge on any atom is -0.348 e. The highest BCUT2D eigenvalue weighted by molar-refractivity contribution is 9.10. The molecule has 2 heterocycles. The molecule has 1 aromatic heterocycles. The van der Waals surface area contributed by atoms with E-state index in [1.807, 2.05) is 61.0 Å².